The van der Waals surface area contributed by atoms with Gasteiger partial charge in [0, 0.05) is 22.0 Å². The number of nitrogens with two attached hydrogens (primary N) is 2. The molecule has 0 saturated carbocycles. The molecule has 27 heavy (non-hydrogen) atoms. The summed E-state index contributed by atoms with van der Waals surface area (Å²) < 4.78 is 2.25. The Hall–Kier alpha value is -3.93. The zero-order valence-electron chi connectivity index (χ0n) is 14.4. The Morgan fingerprint density at radius 3 is 1.67 bits per heavy atom. The zero-order valence-corrected chi connectivity index (χ0v) is 14.4. The molecule has 0 saturated heterocycles. The highest BCUT2D eigenvalue weighted by molar-refractivity contribution is 6.09. The summed E-state index contributed by atoms with van der Waals surface area (Å²) in [6.45, 7) is 0. The zero-order chi connectivity index (χ0) is 18.4. The lowest BCUT2D eigenvalue weighted by Gasteiger charge is -2.09. The summed E-state index contributed by atoms with van der Waals surface area (Å²) in [5, 5.41) is 2.46. The van der Waals surface area contributed by atoms with Crippen LogP contribution in [-0.4, -0.2) is 19.5 Å². The molecule has 0 amide bonds. The molecule has 0 bridgehead atoms. The Bertz CT molecular complexity index is 1210. The van der Waals surface area contributed by atoms with E-state index in [1.807, 2.05) is 24.3 Å². The topological polar surface area (TPSA) is 95.6 Å². The number of benzene rings is 3. The lowest BCUT2D eigenvalue weighted by molar-refractivity contribution is 1.08. The lowest BCUT2D eigenvalue weighted by atomic mass is 10.2. The lowest BCUT2D eigenvalue weighted by Crippen LogP contribution is -2.04. The Balaban J connectivity index is 1.69. The van der Waals surface area contributed by atoms with Crippen LogP contribution in [0.5, 0.6) is 0 Å². The van der Waals surface area contributed by atoms with Crippen LogP contribution in [0.25, 0.3) is 38.9 Å². The van der Waals surface area contributed by atoms with E-state index < -0.39 is 0 Å². The molecule has 0 fully saturated rings. The standard InChI is InChI=1S/C21H16N6/c22-20-24-19(25-21(23)26-20)13-9-11-14(12-10-13)27-17-7-3-1-5-15(17)16-6-2-4-8-18(16)27/h1-12H,(H4,22,23,24,25,26). The maximum atomic E-state index is 5.68. The molecule has 2 heterocycles. The monoisotopic (exact) mass is 352 g/mol. The second-order valence-corrected chi connectivity index (χ2v) is 6.29. The van der Waals surface area contributed by atoms with Gasteiger partial charge < -0.3 is 16.0 Å². The first-order valence-electron chi connectivity index (χ1n) is 8.57. The van der Waals surface area contributed by atoms with Gasteiger partial charge in [0.1, 0.15) is 0 Å². The number of para-hydroxylation sites is 2. The molecule has 3 aromatic carbocycles. The van der Waals surface area contributed by atoms with Crippen molar-refractivity contribution in [3.05, 3.63) is 72.8 Å². The molecule has 0 aliphatic carbocycles. The van der Waals surface area contributed by atoms with Crippen molar-refractivity contribution < 1.29 is 0 Å². The van der Waals surface area contributed by atoms with Crippen molar-refractivity contribution in [2.75, 3.05) is 11.5 Å². The second-order valence-electron chi connectivity index (χ2n) is 6.29. The van der Waals surface area contributed by atoms with Gasteiger partial charge in [0.05, 0.1) is 11.0 Å². The molecule has 6 nitrogen and oxygen atoms in total. The predicted molar refractivity (Wildman–Crippen MR) is 108 cm³/mol. The van der Waals surface area contributed by atoms with Crippen LogP contribution in [0.4, 0.5) is 11.9 Å². The van der Waals surface area contributed by atoms with Crippen LogP contribution in [0.1, 0.15) is 0 Å². The van der Waals surface area contributed by atoms with E-state index in [1.165, 1.54) is 21.8 Å². The molecule has 0 radical (unpaired) electrons. The third-order valence-electron chi connectivity index (χ3n) is 4.63. The SMILES string of the molecule is Nc1nc(N)nc(-c2ccc(-n3c4ccccc4c4ccccc43)cc2)n1. The molecular formula is C21H16N6. The molecule has 130 valence electrons. The number of nitrogens with zero attached hydrogens (tertiary/aromatic N) is 4. The summed E-state index contributed by atoms with van der Waals surface area (Å²) in [5.74, 6) is 0.696. The van der Waals surface area contributed by atoms with Gasteiger partial charge >= 0.3 is 0 Å². The van der Waals surface area contributed by atoms with E-state index in [2.05, 4.69) is 68.0 Å². The smallest absolute Gasteiger partial charge is 0.225 e. The third-order valence-corrected chi connectivity index (χ3v) is 4.63. The van der Waals surface area contributed by atoms with Gasteiger partial charge in [0.2, 0.25) is 11.9 Å². The van der Waals surface area contributed by atoms with Gasteiger partial charge in [-0.3, -0.25) is 0 Å². The predicted octanol–water partition coefficient (Wildman–Crippen LogP) is 3.80. The van der Waals surface area contributed by atoms with Crippen LogP contribution in [0.15, 0.2) is 72.8 Å². The van der Waals surface area contributed by atoms with Gasteiger partial charge in [-0.05, 0) is 36.4 Å². The molecule has 0 aliphatic rings. The van der Waals surface area contributed by atoms with E-state index in [4.69, 9.17) is 11.5 Å². The number of rotatable bonds is 2. The van der Waals surface area contributed by atoms with E-state index in [1.54, 1.807) is 0 Å². The number of aromatic nitrogens is 4. The maximum absolute atomic E-state index is 5.68. The molecule has 0 aliphatic heterocycles. The molecule has 2 aromatic heterocycles. The molecular weight excluding hydrogens is 336 g/mol. The van der Waals surface area contributed by atoms with E-state index in [9.17, 15) is 0 Å². The number of hydrogen-bond acceptors (Lipinski definition) is 5. The van der Waals surface area contributed by atoms with Crippen molar-refractivity contribution in [3.63, 3.8) is 0 Å². The fourth-order valence-electron chi connectivity index (χ4n) is 3.50. The molecule has 0 atom stereocenters. The molecule has 6 heteroatoms. The van der Waals surface area contributed by atoms with Gasteiger partial charge in [-0.1, -0.05) is 36.4 Å². The van der Waals surface area contributed by atoms with Gasteiger partial charge in [0.15, 0.2) is 5.82 Å². The highest BCUT2D eigenvalue weighted by atomic mass is 15.1. The number of hydrogen-bond donors (Lipinski definition) is 2. The Morgan fingerprint density at radius 2 is 1.11 bits per heavy atom. The summed E-state index contributed by atoms with van der Waals surface area (Å²) in [5.41, 5.74) is 15.6. The minimum absolute atomic E-state index is 0.115. The van der Waals surface area contributed by atoms with Crippen LogP contribution >= 0.6 is 0 Å². The first-order valence-corrected chi connectivity index (χ1v) is 8.57. The van der Waals surface area contributed by atoms with Crippen molar-refractivity contribution in [1.29, 1.82) is 0 Å². The van der Waals surface area contributed by atoms with Crippen molar-refractivity contribution in [2.45, 2.75) is 0 Å². The first-order chi connectivity index (χ1) is 13.2. The molecule has 4 N–H and O–H groups in total. The van der Waals surface area contributed by atoms with E-state index in [-0.39, 0.29) is 11.9 Å². The van der Waals surface area contributed by atoms with E-state index in [0.29, 0.717) is 5.82 Å². The van der Waals surface area contributed by atoms with E-state index >= 15 is 0 Å². The average Bonchev–Trinajstić information content (AvgIpc) is 3.02. The van der Waals surface area contributed by atoms with Crippen LogP contribution in [-0.2, 0) is 0 Å². The largest absolute Gasteiger partial charge is 0.368 e. The van der Waals surface area contributed by atoms with Gasteiger partial charge in [0.25, 0.3) is 0 Å². The fourth-order valence-corrected chi connectivity index (χ4v) is 3.50. The fraction of sp³-hybridized carbons (Fsp3) is 0. The molecule has 0 unspecified atom stereocenters. The van der Waals surface area contributed by atoms with Gasteiger partial charge in [-0.25, -0.2) is 0 Å². The number of fused-ring (bicyclic) bond motifs is 3. The highest BCUT2D eigenvalue weighted by Crippen LogP contribution is 2.32. The molecule has 0 spiro atoms. The van der Waals surface area contributed by atoms with E-state index in [0.717, 1.165) is 11.3 Å². The quantitative estimate of drug-likeness (QED) is 0.504. The summed E-state index contributed by atoms with van der Waals surface area (Å²) >= 11 is 0. The summed E-state index contributed by atoms with van der Waals surface area (Å²) in [6.07, 6.45) is 0. The molecule has 5 aromatic rings. The van der Waals surface area contributed by atoms with Gasteiger partial charge in [-0.15, -0.1) is 0 Å². The second kappa shape index (κ2) is 5.81. The van der Waals surface area contributed by atoms with Gasteiger partial charge in [-0.2, -0.15) is 15.0 Å². The first kappa shape index (κ1) is 15.3. The Labute approximate surface area is 155 Å². The van der Waals surface area contributed by atoms with Crippen molar-refractivity contribution in [2.24, 2.45) is 0 Å². The average molecular weight is 352 g/mol. The van der Waals surface area contributed by atoms with Crippen LogP contribution in [0.2, 0.25) is 0 Å². The number of nitrogen functional groups attached to an aromatic ring is 2. The van der Waals surface area contributed by atoms with Crippen molar-refractivity contribution >= 4 is 33.7 Å². The van der Waals surface area contributed by atoms with Crippen LogP contribution < -0.4 is 11.5 Å². The summed E-state index contributed by atoms with van der Waals surface area (Å²) in [4.78, 5) is 12.1. The van der Waals surface area contributed by atoms with Crippen molar-refractivity contribution in [3.8, 4) is 17.1 Å². The Kier molecular flexibility index (Phi) is 3.30. The molecule has 5 rings (SSSR count). The minimum Gasteiger partial charge on any atom is -0.368 e. The summed E-state index contributed by atoms with van der Waals surface area (Å²) in [6, 6.07) is 24.8. The number of anilines is 2. The summed E-state index contributed by atoms with van der Waals surface area (Å²) in [7, 11) is 0. The van der Waals surface area contributed by atoms with Crippen LogP contribution in [0, 0.1) is 0 Å². The maximum Gasteiger partial charge on any atom is 0.225 e. The highest BCUT2D eigenvalue weighted by Gasteiger charge is 2.12. The van der Waals surface area contributed by atoms with Crippen molar-refractivity contribution in [1.82, 2.24) is 19.5 Å². The minimum atomic E-state index is 0.115. The van der Waals surface area contributed by atoms with Crippen LogP contribution in [0.3, 0.4) is 0 Å². The normalized spacial score (nSPS) is 11.3. The third kappa shape index (κ3) is 2.46. The Morgan fingerprint density at radius 1 is 0.593 bits per heavy atom.